The Hall–Kier alpha value is -1.68. The van der Waals surface area contributed by atoms with Crippen molar-refractivity contribution in [2.45, 2.75) is 46.6 Å². The van der Waals surface area contributed by atoms with E-state index in [1.807, 2.05) is 44.2 Å². The molecule has 0 aliphatic rings. The number of ketones is 1. The molecule has 4 heteroatoms. The van der Waals surface area contributed by atoms with Crippen molar-refractivity contribution in [3.05, 3.63) is 35.9 Å². The smallest absolute Gasteiger partial charge is 0.310 e. The Balaban J connectivity index is 2.77. The highest BCUT2D eigenvalue weighted by Crippen LogP contribution is 2.27. The van der Waals surface area contributed by atoms with Crippen LogP contribution in [0.4, 0.5) is 0 Å². The van der Waals surface area contributed by atoms with Gasteiger partial charge in [-0.2, -0.15) is 0 Å². The molecular weight excluding hydrogens is 292 g/mol. The molecule has 0 saturated carbocycles. The Morgan fingerprint density at radius 2 is 1.78 bits per heavy atom. The van der Waals surface area contributed by atoms with Crippen LogP contribution in [0.5, 0.6) is 0 Å². The maximum absolute atomic E-state index is 12.5. The molecule has 2 atom stereocenters. The Labute approximate surface area is 138 Å². The fourth-order valence-electron chi connectivity index (χ4n) is 2.77. The zero-order chi connectivity index (χ0) is 17.2. The van der Waals surface area contributed by atoms with Crippen molar-refractivity contribution >= 4 is 11.8 Å². The summed E-state index contributed by atoms with van der Waals surface area (Å²) in [6.07, 6.45) is 1.65. The van der Waals surface area contributed by atoms with Gasteiger partial charge in [0.15, 0.2) is 0 Å². The number of ether oxygens (including phenoxy) is 1. The molecule has 1 N–H and O–H groups in total. The Kier molecular flexibility index (Phi) is 8.56. The summed E-state index contributed by atoms with van der Waals surface area (Å²) in [5, 5.41) is 9.02. The van der Waals surface area contributed by atoms with Gasteiger partial charge < -0.3 is 9.84 Å². The van der Waals surface area contributed by atoms with Crippen LogP contribution >= 0.6 is 0 Å². The summed E-state index contributed by atoms with van der Waals surface area (Å²) < 4.78 is 5.45. The van der Waals surface area contributed by atoms with Gasteiger partial charge in [-0.05, 0) is 37.7 Å². The van der Waals surface area contributed by atoms with Gasteiger partial charge in [-0.15, -0.1) is 0 Å². The van der Waals surface area contributed by atoms with Gasteiger partial charge in [0.1, 0.15) is 12.4 Å². The minimum absolute atomic E-state index is 0.0132. The van der Waals surface area contributed by atoms with E-state index in [1.165, 1.54) is 6.92 Å². The number of Topliss-reactive ketones (excluding diaryl/α,β-unsaturated/α-hetero) is 1. The number of hydrogen-bond acceptors (Lipinski definition) is 4. The predicted octanol–water partition coefficient (Wildman–Crippen LogP) is 3.37. The van der Waals surface area contributed by atoms with E-state index in [4.69, 9.17) is 9.84 Å². The molecule has 23 heavy (non-hydrogen) atoms. The molecule has 0 aliphatic carbocycles. The van der Waals surface area contributed by atoms with Crippen LogP contribution in [0, 0.1) is 17.8 Å². The van der Waals surface area contributed by atoms with E-state index in [1.54, 1.807) is 0 Å². The molecule has 1 aromatic carbocycles. The van der Waals surface area contributed by atoms with Gasteiger partial charge in [-0.3, -0.25) is 9.59 Å². The zero-order valence-electron chi connectivity index (χ0n) is 14.3. The molecule has 4 nitrogen and oxygen atoms in total. The molecule has 0 fully saturated rings. The fourth-order valence-corrected chi connectivity index (χ4v) is 2.77. The first-order valence-corrected chi connectivity index (χ1v) is 8.27. The zero-order valence-corrected chi connectivity index (χ0v) is 14.3. The van der Waals surface area contributed by atoms with Crippen LogP contribution in [0.2, 0.25) is 0 Å². The van der Waals surface area contributed by atoms with Gasteiger partial charge in [0, 0.05) is 12.5 Å². The second kappa shape index (κ2) is 10.2. The average Bonchev–Trinajstić information content (AvgIpc) is 2.52. The molecule has 0 aliphatic heterocycles. The van der Waals surface area contributed by atoms with Gasteiger partial charge in [0.25, 0.3) is 0 Å². The average molecular weight is 320 g/mol. The molecule has 0 spiro atoms. The van der Waals surface area contributed by atoms with Gasteiger partial charge in [-0.1, -0.05) is 44.2 Å². The second-order valence-electron chi connectivity index (χ2n) is 6.41. The molecular formula is C19H28O4. The number of carbonyl (C=O) groups excluding carboxylic acids is 2. The quantitative estimate of drug-likeness (QED) is 0.671. The van der Waals surface area contributed by atoms with Gasteiger partial charge in [0.05, 0.1) is 5.92 Å². The third-order valence-electron chi connectivity index (χ3n) is 3.93. The lowest BCUT2D eigenvalue weighted by Crippen LogP contribution is -2.31. The summed E-state index contributed by atoms with van der Waals surface area (Å²) >= 11 is 0. The standard InChI is InChI=1S/C19H28O4/c1-14(2)12-18(17(15(3)21)10-7-11-20)19(22)23-13-16-8-5-4-6-9-16/h4-6,8-9,14,17-18,20H,7,10-13H2,1-3H3/t17-,18-/m1/s1. The van der Waals surface area contributed by atoms with E-state index in [2.05, 4.69) is 0 Å². The van der Waals surface area contributed by atoms with Crippen molar-refractivity contribution < 1.29 is 19.4 Å². The topological polar surface area (TPSA) is 63.6 Å². The summed E-state index contributed by atoms with van der Waals surface area (Å²) in [4.78, 5) is 24.5. The van der Waals surface area contributed by atoms with E-state index in [-0.39, 0.29) is 30.9 Å². The summed E-state index contributed by atoms with van der Waals surface area (Å²) in [7, 11) is 0. The van der Waals surface area contributed by atoms with Crippen molar-refractivity contribution in [1.82, 2.24) is 0 Å². The third kappa shape index (κ3) is 6.95. The number of hydrogen-bond donors (Lipinski definition) is 1. The largest absolute Gasteiger partial charge is 0.461 e. The molecule has 0 amide bonds. The van der Waals surface area contributed by atoms with E-state index in [9.17, 15) is 9.59 Å². The predicted molar refractivity (Wildman–Crippen MR) is 89.7 cm³/mol. The Morgan fingerprint density at radius 3 is 2.30 bits per heavy atom. The molecule has 0 saturated heterocycles. The third-order valence-corrected chi connectivity index (χ3v) is 3.93. The molecule has 1 rings (SSSR count). The first kappa shape index (κ1) is 19.4. The van der Waals surface area contributed by atoms with Crippen molar-refractivity contribution in [2.75, 3.05) is 6.61 Å². The molecule has 128 valence electrons. The first-order valence-electron chi connectivity index (χ1n) is 8.27. The number of rotatable bonds is 10. The summed E-state index contributed by atoms with van der Waals surface area (Å²) in [5.41, 5.74) is 0.930. The minimum Gasteiger partial charge on any atom is -0.461 e. The maximum atomic E-state index is 12.5. The van der Waals surface area contributed by atoms with Crippen molar-refractivity contribution in [3.8, 4) is 0 Å². The molecule has 0 heterocycles. The highest BCUT2D eigenvalue weighted by atomic mass is 16.5. The lowest BCUT2D eigenvalue weighted by molar-refractivity contribution is -0.155. The van der Waals surface area contributed by atoms with Crippen LogP contribution in [-0.4, -0.2) is 23.5 Å². The lowest BCUT2D eigenvalue weighted by atomic mass is 9.80. The van der Waals surface area contributed by atoms with Crippen LogP contribution in [-0.2, 0) is 20.9 Å². The van der Waals surface area contributed by atoms with Crippen molar-refractivity contribution in [3.63, 3.8) is 0 Å². The summed E-state index contributed by atoms with van der Waals surface area (Å²) in [6, 6.07) is 9.51. The Morgan fingerprint density at radius 1 is 1.13 bits per heavy atom. The molecule has 1 aromatic rings. The lowest BCUT2D eigenvalue weighted by Gasteiger charge is -2.25. The molecule has 0 aromatic heterocycles. The summed E-state index contributed by atoms with van der Waals surface area (Å²) in [5.74, 6) is -0.864. The molecule has 0 radical (unpaired) electrons. The Bertz CT molecular complexity index is 481. The number of esters is 1. The number of aliphatic hydroxyl groups is 1. The fraction of sp³-hybridized carbons (Fsp3) is 0.579. The monoisotopic (exact) mass is 320 g/mol. The summed E-state index contributed by atoms with van der Waals surface area (Å²) in [6.45, 7) is 5.82. The van der Waals surface area contributed by atoms with Crippen LogP contribution in [0.25, 0.3) is 0 Å². The van der Waals surface area contributed by atoms with E-state index < -0.39 is 5.92 Å². The van der Waals surface area contributed by atoms with E-state index in [0.717, 1.165) is 5.56 Å². The highest BCUT2D eigenvalue weighted by molar-refractivity contribution is 5.85. The normalized spacial score (nSPS) is 13.6. The second-order valence-corrected chi connectivity index (χ2v) is 6.41. The van der Waals surface area contributed by atoms with Crippen molar-refractivity contribution in [1.29, 1.82) is 0 Å². The van der Waals surface area contributed by atoms with Crippen molar-refractivity contribution in [2.24, 2.45) is 17.8 Å². The van der Waals surface area contributed by atoms with Gasteiger partial charge >= 0.3 is 5.97 Å². The van der Waals surface area contributed by atoms with E-state index in [0.29, 0.717) is 25.2 Å². The first-order chi connectivity index (χ1) is 11.0. The van der Waals surface area contributed by atoms with E-state index >= 15 is 0 Å². The highest BCUT2D eigenvalue weighted by Gasteiger charge is 2.33. The van der Waals surface area contributed by atoms with Crippen LogP contribution in [0.3, 0.4) is 0 Å². The minimum atomic E-state index is -0.442. The molecule has 0 bridgehead atoms. The number of carbonyl (C=O) groups is 2. The van der Waals surface area contributed by atoms with Crippen LogP contribution < -0.4 is 0 Å². The number of benzene rings is 1. The number of aliphatic hydroxyl groups excluding tert-OH is 1. The maximum Gasteiger partial charge on any atom is 0.310 e. The molecule has 0 unspecified atom stereocenters. The SMILES string of the molecule is CC(=O)[C@@H](CCCO)[C@@H](CC(C)C)C(=O)OCc1ccccc1. The van der Waals surface area contributed by atoms with Crippen LogP contribution in [0.1, 0.15) is 45.6 Å². The van der Waals surface area contributed by atoms with Gasteiger partial charge in [0.2, 0.25) is 0 Å². The van der Waals surface area contributed by atoms with Gasteiger partial charge in [-0.25, -0.2) is 0 Å². The van der Waals surface area contributed by atoms with Crippen LogP contribution in [0.15, 0.2) is 30.3 Å².